The molecule has 3 fully saturated rings. The zero-order valence-corrected chi connectivity index (χ0v) is 13.3. The molecule has 0 aromatic carbocycles. The largest absolute Gasteiger partial charge is 0.316 e. The van der Waals surface area contributed by atoms with Crippen LogP contribution in [-0.2, 0) is 10.0 Å². The highest BCUT2D eigenvalue weighted by atomic mass is 32.2. The molecule has 3 aliphatic rings. The average Bonchev–Trinajstić information content (AvgIpc) is 2.90. The molecule has 0 aromatic rings. The molecule has 0 amide bonds. The number of piperidine rings is 1. The predicted octanol–water partition coefficient (Wildman–Crippen LogP) is 0.343. The first-order chi connectivity index (χ1) is 9.53. The second kappa shape index (κ2) is 5.55. The van der Waals surface area contributed by atoms with Gasteiger partial charge in [0.2, 0.25) is 10.0 Å². The van der Waals surface area contributed by atoms with E-state index in [1.165, 1.54) is 39.1 Å². The fourth-order valence-corrected chi connectivity index (χ4v) is 5.11. The SMILES string of the molecule is CCS(=O)(=O)N1CCC2(CC1)CN(C[C@H]1CCNC1)C2. The first-order valence-corrected chi connectivity index (χ1v) is 9.55. The number of rotatable bonds is 4. The molecule has 3 heterocycles. The number of hydrogen-bond donors (Lipinski definition) is 1. The first kappa shape index (κ1) is 14.8. The van der Waals surface area contributed by atoms with Crippen molar-refractivity contribution in [2.24, 2.45) is 11.3 Å². The van der Waals surface area contributed by atoms with Crippen molar-refractivity contribution in [3.8, 4) is 0 Å². The van der Waals surface area contributed by atoms with E-state index in [0.717, 1.165) is 31.8 Å². The van der Waals surface area contributed by atoms with Gasteiger partial charge in [-0.05, 0) is 50.6 Å². The molecular formula is C14H27N3O2S. The molecule has 1 spiro atoms. The van der Waals surface area contributed by atoms with Gasteiger partial charge in [-0.2, -0.15) is 0 Å². The number of nitrogens with one attached hydrogen (secondary N) is 1. The summed E-state index contributed by atoms with van der Waals surface area (Å²) < 4.78 is 25.4. The van der Waals surface area contributed by atoms with Gasteiger partial charge < -0.3 is 10.2 Å². The van der Waals surface area contributed by atoms with Gasteiger partial charge in [0, 0.05) is 32.7 Å². The van der Waals surface area contributed by atoms with Crippen LogP contribution in [-0.4, -0.2) is 69.2 Å². The number of sulfonamides is 1. The highest BCUT2D eigenvalue weighted by Crippen LogP contribution is 2.41. The Morgan fingerprint density at radius 3 is 2.50 bits per heavy atom. The average molecular weight is 301 g/mol. The summed E-state index contributed by atoms with van der Waals surface area (Å²) in [5.74, 6) is 1.06. The van der Waals surface area contributed by atoms with Crippen molar-refractivity contribution < 1.29 is 8.42 Å². The van der Waals surface area contributed by atoms with Crippen LogP contribution in [0, 0.1) is 11.3 Å². The lowest BCUT2D eigenvalue weighted by molar-refractivity contribution is -0.0407. The minimum atomic E-state index is -2.98. The lowest BCUT2D eigenvalue weighted by Gasteiger charge is -2.54. The second-order valence-corrected chi connectivity index (χ2v) is 9.09. The van der Waals surface area contributed by atoms with E-state index in [4.69, 9.17) is 0 Å². The van der Waals surface area contributed by atoms with Crippen LogP contribution in [0.3, 0.4) is 0 Å². The summed E-state index contributed by atoms with van der Waals surface area (Å²) in [5, 5.41) is 3.43. The van der Waals surface area contributed by atoms with Crippen molar-refractivity contribution in [2.45, 2.75) is 26.2 Å². The van der Waals surface area contributed by atoms with Crippen molar-refractivity contribution >= 4 is 10.0 Å². The van der Waals surface area contributed by atoms with Crippen LogP contribution in [0.5, 0.6) is 0 Å². The number of hydrogen-bond acceptors (Lipinski definition) is 4. The van der Waals surface area contributed by atoms with Crippen LogP contribution in [0.2, 0.25) is 0 Å². The molecule has 3 aliphatic heterocycles. The zero-order valence-electron chi connectivity index (χ0n) is 12.5. The van der Waals surface area contributed by atoms with Gasteiger partial charge in [0.15, 0.2) is 0 Å². The smallest absolute Gasteiger partial charge is 0.213 e. The Morgan fingerprint density at radius 1 is 1.25 bits per heavy atom. The van der Waals surface area contributed by atoms with E-state index in [9.17, 15) is 8.42 Å². The molecule has 5 nitrogen and oxygen atoms in total. The Balaban J connectivity index is 1.45. The molecule has 1 N–H and O–H groups in total. The maximum Gasteiger partial charge on any atom is 0.213 e. The quantitative estimate of drug-likeness (QED) is 0.814. The van der Waals surface area contributed by atoms with Crippen molar-refractivity contribution in [2.75, 3.05) is 51.6 Å². The zero-order chi connectivity index (χ0) is 14.2. The normalized spacial score (nSPS) is 31.6. The Hall–Kier alpha value is -0.170. The maximum atomic E-state index is 11.9. The van der Waals surface area contributed by atoms with Gasteiger partial charge in [-0.25, -0.2) is 12.7 Å². The Kier molecular flexibility index (Phi) is 4.10. The van der Waals surface area contributed by atoms with Crippen LogP contribution in [0.4, 0.5) is 0 Å². The molecule has 0 radical (unpaired) electrons. The summed E-state index contributed by atoms with van der Waals surface area (Å²) in [6.07, 6.45) is 3.41. The molecule has 0 bridgehead atoms. The summed E-state index contributed by atoms with van der Waals surface area (Å²) >= 11 is 0. The monoisotopic (exact) mass is 301 g/mol. The van der Waals surface area contributed by atoms with E-state index in [-0.39, 0.29) is 5.75 Å². The van der Waals surface area contributed by atoms with E-state index in [1.54, 1.807) is 11.2 Å². The summed E-state index contributed by atoms with van der Waals surface area (Å²) in [4.78, 5) is 2.57. The lowest BCUT2D eigenvalue weighted by atomic mass is 9.72. The summed E-state index contributed by atoms with van der Waals surface area (Å²) in [7, 11) is -2.98. The highest BCUT2D eigenvalue weighted by Gasteiger charge is 2.46. The van der Waals surface area contributed by atoms with Crippen LogP contribution in [0.1, 0.15) is 26.2 Å². The number of likely N-dealkylation sites (tertiary alicyclic amines) is 1. The van der Waals surface area contributed by atoms with Crippen LogP contribution < -0.4 is 5.32 Å². The molecule has 3 saturated heterocycles. The third kappa shape index (κ3) is 2.89. The molecule has 116 valence electrons. The van der Waals surface area contributed by atoms with Gasteiger partial charge >= 0.3 is 0 Å². The minimum absolute atomic E-state index is 0.237. The predicted molar refractivity (Wildman–Crippen MR) is 80.1 cm³/mol. The third-order valence-corrected chi connectivity index (χ3v) is 7.22. The molecule has 0 saturated carbocycles. The molecule has 20 heavy (non-hydrogen) atoms. The summed E-state index contributed by atoms with van der Waals surface area (Å²) in [6, 6.07) is 0. The summed E-state index contributed by atoms with van der Waals surface area (Å²) in [6.45, 7) is 9.14. The van der Waals surface area contributed by atoms with Gasteiger partial charge in [-0.1, -0.05) is 0 Å². The lowest BCUT2D eigenvalue weighted by Crippen LogP contribution is -2.61. The van der Waals surface area contributed by atoms with Crippen LogP contribution in [0.25, 0.3) is 0 Å². The molecule has 1 atom stereocenters. The molecule has 6 heteroatoms. The van der Waals surface area contributed by atoms with E-state index in [1.807, 2.05) is 0 Å². The van der Waals surface area contributed by atoms with Gasteiger partial charge in [0.05, 0.1) is 5.75 Å². The van der Waals surface area contributed by atoms with Gasteiger partial charge in [0.25, 0.3) is 0 Å². The Morgan fingerprint density at radius 2 is 1.95 bits per heavy atom. The highest BCUT2D eigenvalue weighted by molar-refractivity contribution is 7.89. The first-order valence-electron chi connectivity index (χ1n) is 7.94. The number of nitrogens with zero attached hydrogens (tertiary/aromatic N) is 2. The fourth-order valence-electron chi connectivity index (χ4n) is 4.00. The third-order valence-electron chi connectivity index (χ3n) is 5.34. The molecule has 3 rings (SSSR count). The van der Waals surface area contributed by atoms with E-state index in [0.29, 0.717) is 5.41 Å². The standard InChI is InChI=1S/C14H27N3O2S/c1-2-20(18,19)17-7-4-14(5-8-17)11-16(12-14)10-13-3-6-15-9-13/h13,15H,2-12H2,1H3/t13-/m0/s1. The molecule has 0 aromatic heterocycles. The topological polar surface area (TPSA) is 52.7 Å². The van der Waals surface area contributed by atoms with Crippen molar-refractivity contribution in [3.63, 3.8) is 0 Å². The maximum absolute atomic E-state index is 11.9. The molecular weight excluding hydrogens is 274 g/mol. The van der Waals surface area contributed by atoms with Crippen LogP contribution in [0.15, 0.2) is 0 Å². The summed E-state index contributed by atoms with van der Waals surface area (Å²) in [5.41, 5.74) is 0.422. The van der Waals surface area contributed by atoms with E-state index >= 15 is 0 Å². The minimum Gasteiger partial charge on any atom is -0.316 e. The van der Waals surface area contributed by atoms with Gasteiger partial charge in [0.1, 0.15) is 0 Å². The van der Waals surface area contributed by atoms with E-state index in [2.05, 4.69) is 10.2 Å². The van der Waals surface area contributed by atoms with E-state index < -0.39 is 10.0 Å². The Labute approximate surface area is 122 Å². The van der Waals surface area contributed by atoms with Crippen molar-refractivity contribution in [1.82, 2.24) is 14.5 Å². The van der Waals surface area contributed by atoms with Gasteiger partial charge in [-0.3, -0.25) is 0 Å². The molecule has 0 unspecified atom stereocenters. The molecule has 0 aliphatic carbocycles. The van der Waals surface area contributed by atoms with Crippen LogP contribution >= 0.6 is 0 Å². The fraction of sp³-hybridized carbons (Fsp3) is 1.00. The Bertz CT molecular complexity index is 429. The van der Waals surface area contributed by atoms with Gasteiger partial charge in [-0.15, -0.1) is 0 Å². The second-order valence-electron chi connectivity index (χ2n) is 6.83. The van der Waals surface area contributed by atoms with Crippen molar-refractivity contribution in [3.05, 3.63) is 0 Å². The van der Waals surface area contributed by atoms with Crippen molar-refractivity contribution in [1.29, 1.82) is 0 Å².